The summed E-state index contributed by atoms with van der Waals surface area (Å²) in [5.41, 5.74) is 9.54. The lowest BCUT2D eigenvalue weighted by atomic mass is 9.98. The van der Waals surface area contributed by atoms with E-state index in [0.29, 0.717) is 34.1 Å². The van der Waals surface area contributed by atoms with Gasteiger partial charge in [0.2, 0.25) is 0 Å². The molecular weight excluding hydrogens is 342 g/mol. The second kappa shape index (κ2) is 7.67. The van der Waals surface area contributed by atoms with E-state index < -0.39 is 0 Å². The number of nitriles is 1. The second-order valence-electron chi connectivity index (χ2n) is 5.80. The third-order valence-electron chi connectivity index (χ3n) is 4.29. The molecule has 1 aromatic heterocycles. The van der Waals surface area contributed by atoms with Crippen LogP contribution in [0.15, 0.2) is 48.5 Å². The summed E-state index contributed by atoms with van der Waals surface area (Å²) >= 11 is 0. The van der Waals surface area contributed by atoms with Crippen LogP contribution in [0, 0.1) is 11.3 Å². The largest absolute Gasteiger partial charge is 0.497 e. The van der Waals surface area contributed by atoms with Crippen molar-refractivity contribution in [2.45, 2.75) is 0 Å². The second-order valence-corrected chi connectivity index (χ2v) is 5.80. The van der Waals surface area contributed by atoms with Gasteiger partial charge in [0.1, 0.15) is 34.6 Å². The van der Waals surface area contributed by atoms with Crippen LogP contribution < -0.4 is 24.9 Å². The van der Waals surface area contributed by atoms with Crippen molar-refractivity contribution in [1.29, 1.82) is 5.26 Å². The molecule has 0 aliphatic heterocycles. The average molecular weight is 362 g/mol. The third-order valence-corrected chi connectivity index (χ3v) is 4.29. The van der Waals surface area contributed by atoms with Gasteiger partial charge in [-0.2, -0.15) is 5.26 Å². The molecule has 27 heavy (non-hydrogen) atoms. The molecule has 0 radical (unpaired) electrons. The molecule has 0 spiro atoms. The Morgan fingerprint density at radius 3 is 2.30 bits per heavy atom. The fourth-order valence-corrected chi connectivity index (χ4v) is 2.91. The lowest BCUT2D eigenvalue weighted by molar-refractivity contribution is -0.347. The Hall–Kier alpha value is -3.72. The van der Waals surface area contributed by atoms with Crippen molar-refractivity contribution in [2.75, 3.05) is 27.1 Å². The normalized spacial score (nSPS) is 10.1. The lowest BCUT2D eigenvalue weighted by Crippen LogP contribution is -2.16. The molecule has 3 aromatic rings. The van der Waals surface area contributed by atoms with Crippen LogP contribution in [-0.4, -0.2) is 21.3 Å². The van der Waals surface area contributed by atoms with Crippen molar-refractivity contribution in [3.63, 3.8) is 0 Å². The van der Waals surface area contributed by atoms with Gasteiger partial charge in [-0.3, -0.25) is 5.73 Å². The quantitative estimate of drug-likeness (QED) is 0.752. The highest BCUT2D eigenvalue weighted by Gasteiger charge is 2.20. The summed E-state index contributed by atoms with van der Waals surface area (Å²) in [6.45, 7) is 0. The molecule has 2 aromatic carbocycles. The van der Waals surface area contributed by atoms with Gasteiger partial charge in [-0.05, 0) is 42.0 Å². The van der Waals surface area contributed by atoms with Gasteiger partial charge < -0.3 is 14.2 Å². The molecule has 0 saturated heterocycles. The monoisotopic (exact) mass is 362 g/mol. The van der Waals surface area contributed by atoms with E-state index in [2.05, 4.69) is 11.1 Å². The number of hydrogen-bond acceptors (Lipinski definition) is 5. The molecule has 0 unspecified atom stereocenters. The van der Waals surface area contributed by atoms with Gasteiger partial charge in [-0.15, -0.1) is 0 Å². The number of H-pyrrole nitrogens is 1. The van der Waals surface area contributed by atoms with Crippen molar-refractivity contribution in [2.24, 2.45) is 0 Å². The molecule has 0 saturated carbocycles. The van der Waals surface area contributed by atoms with E-state index in [9.17, 15) is 5.26 Å². The number of nitrogen functional groups attached to an aromatic ring is 1. The number of ether oxygens (including phenoxy) is 3. The lowest BCUT2D eigenvalue weighted by Gasteiger charge is -2.12. The van der Waals surface area contributed by atoms with Crippen LogP contribution in [-0.2, 0) is 0 Å². The third kappa shape index (κ3) is 3.48. The van der Waals surface area contributed by atoms with Crippen LogP contribution in [0.25, 0.3) is 22.4 Å². The minimum atomic E-state index is 0.276. The summed E-state index contributed by atoms with van der Waals surface area (Å²) in [5, 5.41) is 9.61. The van der Waals surface area contributed by atoms with Gasteiger partial charge in [-0.25, -0.2) is 4.98 Å². The fraction of sp³-hybridized carbons (Fsp3) is 0.143. The summed E-state index contributed by atoms with van der Waals surface area (Å²) in [7, 11) is 4.80. The fourth-order valence-electron chi connectivity index (χ4n) is 2.91. The van der Waals surface area contributed by atoms with Crippen molar-refractivity contribution in [1.82, 2.24) is 0 Å². The standard InChI is InChI=1S/C21H19N3O3/c1-25-14-6-4-5-13(9-14)16-11-19(24-21(23)18(16)12-22)17-10-15(26-2)7-8-20(17)27-3/h4-11H,1-3H3,(H2,23,24)/p+1. The molecule has 1 heterocycles. The van der Waals surface area contributed by atoms with Gasteiger partial charge >= 0.3 is 0 Å². The summed E-state index contributed by atoms with van der Waals surface area (Å²) in [6.07, 6.45) is 0. The van der Waals surface area contributed by atoms with Gasteiger partial charge in [0.25, 0.3) is 5.82 Å². The predicted octanol–water partition coefficient (Wildman–Crippen LogP) is 3.31. The molecule has 3 N–H and O–H groups in total. The number of nitrogens with one attached hydrogen (secondary N) is 1. The highest BCUT2D eigenvalue weighted by molar-refractivity contribution is 5.79. The number of pyridine rings is 1. The zero-order valence-electron chi connectivity index (χ0n) is 15.4. The van der Waals surface area contributed by atoms with Crippen LogP contribution in [0.4, 0.5) is 5.82 Å². The Morgan fingerprint density at radius 1 is 0.889 bits per heavy atom. The molecule has 0 atom stereocenters. The highest BCUT2D eigenvalue weighted by atomic mass is 16.5. The first-order valence-electron chi connectivity index (χ1n) is 8.24. The van der Waals surface area contributed by atoms with Crippen LogP contribution in [0.3, 0.4) is 0 Å². The van der Waals surface area contributed by atoms with Crippen LogP contribution in [0.1, 0.15) is 5.56 Å². The number of methoxy groups -OCH3 is 3. The first-order valence-corrected chi connectivity index (χ1v) is 8.24. The number of anilines is 1. The molecule has 0 amide bonds. The van der Waals surface area contributed by atoms with Crippen LogP contribution in [0.5, 0.6) is 17.2 Å². The van der Waals surface area contributed by atoms with Gasteiger partial charge in [0.15, 0.2) is 0 Å². The molecule has 0 fully saturated rings. The number of benzene rings is 2. The number of hydrogen-bond donors (Lipinski definition) is 1. The summed E-state index contributed by atoms with van der Waals surface area (Å²) in [4.78, 5) is 3.10. The van der Waals surface area contributed by atoms with E-state index in [1.54, 1.807) is 21.3 Å². The first kappa shape index (κ1) is 18.1. The summed E-state index contributed by atoms with van der Waals surface area (Å²) in [6, 6.07) is 17.0. The van der Waals surface area contributed by atoms with Crippen molar-refractivity contribution in [3.8, 4) is 45.7 Å². The highest BCUT2D eigenvalue weighted by Crippen LogP contribution is 2.35. The zero-order valence-corrected chi connectivity index (χ0v) is 15.4. The summed E-state index contributed by atoms with van der Waals surface area (Å²) in [5.74, 6) is 2.32. The Morgan fingerprint density at radius 2 is 1.63 bits per heavy atom. The Kier molecular flexibility index (Phi) is 5.13. The van der Waals surface area contributed by atoms with E-state index in [1.165, 1.54) is 0 Å². The predicted molar refractivity (Wildman–Crippen MR) is 103 cm³/mol. The van der Waals surface area contributed by atoms with Crippen molar-refractivity contribution >= 4 is 5.82 Å². The molecule has 0 bridgehead atoms. The van der Waals surface area contributed by atoms with E-state index in [4.69, 9.17) is 19.9 Å². The number of aromatic amines is 1. The molecule has 0 aliphatic rings. The summed E-state index contributed by atoms with van der Waals surface area (Å²) < 4.78 is 16.1. The van der Waals surface area contributed by atoms with Gasteiger partial charge in [-0.1, -0.05) is 12.1 Å². The van der Waals surface area contributed by atoms with E-state index in [0.717, 1.165) is 11.1 Å². The maximum Gasteiger partial charge on any atom is 0.289 e. The zero-order chi connectivity index (χ0) is 19.4. The Balaban J connectivity index is 2.26. The van der Waals surface area contributed by atoms with Gasteiger partial charge in [0, 0.05) is 5.56 Å². The molecule has 6 nitrogen and oxygen atoms in total. The van der Waals surface area contributed by atoms with Crippen LogP contribution >= 0.6 is 0 Å². The molecule has 0 aliphatic carbocycles. The Labute approximate surface area is 157 Å². The number of aromatic nitrogens is 1. The van der Waals surface area contributed by atoms with Crippen LogP contribution in [0.2, 0.25) is 0 Å². The topological polar surface area (TPSA) is 91.6 Å². The SMILES string of the molecule is COc1cccc(-c2cc(-c3cc(OC)ccc3OC)[nH+]c(N)c2C#N)c1. The molecule has 6 heteroatoms. The average Bonchev–Trinajstić information content (AvgIpc) is 2.72. The minimum absolute atomic E-state index is 0.276. The van der Waals surface area contributed by atoms with E-state index in [1.807, 2.05) is 48.5 Å². The Bertz CT molecular complexity index is 1030. The number of nitrogens with two attached hydrogens (primary N) is 1. The maximum atomic E-state index is 9.61. The molecular formula is C21H20N3O3+. The van der Waals surface area contributed by atoms with Gasteiger partial charge in [0.05, 0.1) is 26.9 Å². The van der Waals surface area contributed by atoms with Crippen molar-refractivity contribution in [3.05, 3.63) is 54.1 Å². The number of rotatable bonds is 5. The minimum Gasteiger partial charge on any atom is -0.497 e. The molecule has 3 rings (SSSR count). The van der Waals surface area contributed by atoms with E-state index in [-0.39, 0.29) is 5.82 Å². The molecule has 136 valence electrons. The maximum absolute atomic E-state index is 9.61. The smallest absolute Gasteiger partial charge is 0.289 e. The van der Waals surface area contributed by atoms with Crippen molar-refractivity contribution < 1.29 is 19.2 Å². The first-order chi connectivity index (χ1) is 13.1. The van der Waals surface area contributed by atoms with E-state index >= 15 is 0 Å². The number of nitrogens with zero attached hydrogens (tertiary/aromatic N) is 1.